The van der Waals surface area contributed by atoms with Crippen LogP contribution in [-0.2, 0) is 21.5 Å². The van der Waals surface area contributed by atoms with E-state index in [0.717, 1.165) is 14.2 Å². The van der Waals surface area contributed by atoms with Crippen LogP contribution in [0, 0.1) is 0 Å². The van der Waals surface area contributed by atoms with Crippen molar-refractivity contribution in [2.75, 3.05) is 14.2 Å². The number of ether oxygens (including phenoxy) is 3. The molecular weight excluding hydrogens is 369 g/mol. The largest absolute Gasteiger partial charge is 0.534 e. The maximum absolute atomic E-state index is 12.5. The van der Waals surface area contributed by atoms with Crippen molar-refractivity contribution in [2.45, 2.75) is 12.1 Å². The van der Waals surface area contributed by atoms with Gasteiger partial charge < -0.3 is 18.4 Å². The molecule has 128 valence electrons. The lowest BCUT2D eigenvalue weighted by molar-refractivity contribution is -0.0501. The predicted molar refractivity (Wildman–Crippen MR) is 69.3 cm³/mol. The zero-order chi connectivity index (χ0) is 17.6. The van der Waals surface area contributed by atoms with E-state index >= 15 is 0 Å². The molecule has 12 heteroatoms. The number of fused-ring (bicyclic) bond motifs is 1. The SMILES string of the molecule is COc1c(Cl)c2c(c(OC)c1OS(=O)(=O)C(F)(F)F)C(=O)OC2. The van der Waals surface area contributed by atoms with Gasteiger partial charge in [-0.3, -0.25) is 0 Å². The average molecular weight is 377 g/mol. The Hall–Kier alpha value is -1.88. The molecule has 0 atom stereocenters. The Kier molecular flexibility index (Phi) is 4.28. The van der Waals surface area contributed by atoms with Crippen molar-refractivity contribution >= 4 is 27.7 Å². The van der Waals surface area contributed by atoms with Crippen LogP contribution in [0.25, 0.3) is 0 Å². The highest BCUT2D eigenvalue weighted by atomic mass is 35.5. The van der Waals surface area contributed by atoms with Crippen molar-refractivity contribution in [2.24, 2.45) is 0 Å². The molecule has 0 bridgehead atoms. The first-order valence-corrected chi connectivity index (χ1v) is 7.48. The first-order valence-electron chi connectivity index (χ1n) is 5.69. The van der Waals surface area contributed by atoms with Gasteiger partial charge in [-0.15, -0.1) is 0 Å². The summed E-state index contributed by atoms with van der Waals surface area (Å²) in [5, 5.41) is -0.318. The van der Waals surface area contributed by atoms with Crippen molar-refractivity contribution in [3.63, 3.8) is 0 Å². The van der Waals surface area contributed by atoms with Crippen molar-refractivity contribution in [3.05, 3.63) is 16.1 Å². The number of esters is 1. The number of benzene rings is 1. The maximum atomic E-state index is 12.5. The fourth-order valence-corrected chi connectivity index (χ4v) is 2.65. The number of alkyl halides is 3. The van der Waals surface area contributed by atoms with E-state index in [4.69, 9.17) is 25.8 Å². The Balaban J connectivity index is 2.75. The molecule has 0 aliphatic carbocycles. The molecule has 0 aromatic heterocycles. The summed E-state index contributed by atoms with van der Waals surface area (Å²) in [4.78, 5) is 11.7. The number of cyclic esters (lactones) is 1. The number of carbonyl (C=O) groups excluding carboxylic acids is 1. The maximum Gasteiger partial charge on any atom is 0.534 e. The third-order valence-electron chi connectivity index (χ3n) is 2.84. The van der Waals surface area contributed by atoms with E-state index in [1.54, 1.807) is 0 Å². The van der Waals surface area contributed by atoms with E-state index in [9.17, 15) is 26.4 Å². The van der Waals surface area contributed by atoms with E-state index in [2.05, 4.69) is 4.18 Å². The lowest BCUT2D eigenvalue weighted by atomic mass is 10.1. The van der Waals surface area contributed by atoms with Gasteiger partial charge in [-0.05, 0) is 0 Å². The Morgan fingerprint density at radius 1 is 1.13 bits per heavy atom. The fraction of sp³-hybridized carbons (Fsp3) is 0.364. The first kappa shape index (κ1) is 17.5. The van der Waals surface area contributed by atoms with E-state index in [1.165, 1.54) is 0 Å². The molecule has 7 nitrogen and oxygen atoms in total. The standard InChI is InChI=1S/C11H8ClF3O7S/c1-19-7-5-4(3-21-10(5)16)6(12)8(20-2)9(7)22-23(17,18)11(13,14)15/h3H2,1-2H3. The molecule has 1 aromatic carbocycles. The molecule has 0 saturated carbocycles. The van der Waals surface area contributed by atoms with Gasteiger partial charge in [-0.2, -0.15) is 21.6 Å². The summed E-state index contributed by atoms with van der Waals surface area (Å²) in [7, 11) is -4.01. The molecule has 0 N–H and O–H groups in total. The predicted octanol–water partition coefficient (Wildman–Crippen LogP) is 2.26. The number of hydrogen-bond donors (Lipinski definition) is 0. The minimum absolute atomic E-state index is 0.0853. The average Bonchev–Trinajstić information content (AvgIpc) is 2.81. The van der Waals surface area contributed by atoms with E-state index in [0.29, 0.717) is 0 Å². The summed E-state index contributed by atoms with van der Waals surface area (Å²) in [6.07, 6.45) is 0. The van der Waals surface area contributed by atoms with Crippen molar-refractivity contribution in [1.29, 1.82) is 0 Å². The van der Waals surface area contributed by atoms with Gasteiger partial charge in [0.2, 0.25) is 5.75 Å². The third kappa shape index (κ3) is 2.74. The van der Waals surface area contributed by atoms with Crippen LogP contribution in [0.4, 0.5) is 13.2 Å². The third-order valence-corrected chi connectivity index (χ3v) is 4.19. The highest BCUT2D eigenvalue weighted by Gasteiger charge is 2.50. The highest BCUT2D eigenvalue weighted by Crippen LogP contribution is 2.51. The second-order valence-corrected chi connectivity index (χ2v) is 6.04. The molecule has 2 rings (SSSR count). The topological polar surface area (TPSA) is 88.1 Å². The minimum Gasteiger partial charge on any atom is -0.492 e. The van der Waals surface area contributed by atoms with Crippen LogP contribution >= 0.6 is 11.6 Å². The summed E-state index contributed by atoms with van der Waals surface area (Å²) < 4.78 is 78.4. The molecule has 1 aromatic rings. The van der Waals surface area contributed by atoms with Crippen LogP contribution in [-0.4, -0.2) is 34.1 Å². The Morgan fingerprint density at radius 2 is 1.70 bits per heavy atom. The molecule has 0 saturated heterocycles. The zero-order valence-corrected chi connectivity index (χ0v) is 13.1. The van der Waals surface area contributed by atoms with E-state index in [-0.39, 0.29) is 22.8 Å². The Morgan fingerprint density at radius 3 is 2.17 bits per heavy atom. The Labute approximate surface area is 133 Å². The van der Waals surface area contributed by atoms with Crippen LogP contribution < -0.4 is 13.7 Å². The molecule has 23 heavy (non-hydrogen) atoms. The molecular formula is C11H8ClF3O7S. The molecule has 0 fully saturated rings. The van der Waals surface area contributed by atoms with Gasteiger partial charge >= 0.3 is 21.6 Å². The number of halogens is 4. The van der Waals surface area contributed by atoms with Crippen molar-refractivity contribution < 1.29 is 44.8 Å². The summed E-state index contributed by atoms with van der Waals surface area (Å²) in [6, 6.07) is 0. The second kappa shape index (κ2) is 5.64. The van der Waals surface area contributed by atoms with Crippen LogP contribution in [0.3, 0.4) is 0 Å². The molecule has 1 aliphatic heterocycles. The summed E-state index contributed by atoms with van der Waals surface area (Å²) in [5.74, 6) is -3.06. The quantitative estimate of drug-likeness (QED) is 0.452. The molecule has 0 amide bonds. The monoisotopic (exact) mass is 376 g/mol. The molecule has 0 unspecified atom stereocenters. The normalized spacial score (nSPS) is 14.3. The summed E-state index contributed by atoms with van der Waals surface area (Å²) in [5.41, 5.74) is -5.94. The number of carbonyl (C=O) groups is 1. The van der Waals surface area contributed by atoms with Crippen LogP contribution in [0.1, 0.15) is 15.9 Å². The van der Waals surface area contributed by atoms with Gasteiger partial charge in [0.1, 0.15) is 12.2 Å². The van der Waals surface area contributed by atoms with Crippen molar-refractivity contribution in [1.82, 2.24) is 0 Å². The summed E-state index contributed by atoms with van der Waals surface area (Å²) >= 11 is 5.93. The molecule has 1 heterocycles. The molecule has 1 aliphatic rings. The van der Waals surface area contributed by atoms with Gasteiger partial charge in [0.15, 0.2) is 11.5 Å². The molecule has 0 radical (unpaired) electrons. The van der Waals surface area contributed by atoms with Crippen LogP contribution in [0.5, 0.6) is 17.2 Å². The van der Waals surface area contributed by atoms with Crippen LogP contribution in [0.15, 0.2) is 0 Å². The van der Waals surface area contributed by atoms with Gasteiger partial charge in [0.25, 0.3) is 0 Å². The van der Waals surface area contributed by atoms with E-state index < -0.39 is 38.8 Å². The number of rotatable bonds is 4. The van der Waals surface area contributed by atoms with Gasteiger partial charge in [-0.1, -0.05) is 11.6 Å². The molecule has 0 spiro atoms. The lowest BCUT2D eigenvalue weighted by Gasteiger charge is -2.18. The first-order chi connectivity index (χ1) is 10.5. The minimum atomic E-state index is -6.04. The van der Waals surface area contributed by atoms with E-state index in [1.807, 2.05) is 0 Å². The lowest BCUT2D eigenvalue weighted by Crippen LogP contribution is -2.28. The van der Waals surface area contributed by atoms with Gasteiger partial charge in [-0.25, -0.2) is 4.79 Å². The fourth-order valence-electron chi connectivity index (χ4n) is 1.87. The van der Waals surface area contributed by atoms with Crippen LogP contribution in [0.2, 0.25) is 5.02 Å². The number of methoxy groups -OCH3 is 2. The zero-order valence-electron chi connectivity index (χ0n) is 11.5. The smallest absolute Gasteiger partial charge is 0.492 e. The highest BCUT2D eigenvalue weighted by molar-refractivity contribution is 7.88. The van der Waals surface area contributed by atoms with Crippen molar-refractivity contribution in [3.8, 4) is 17.2 Å². The Bertz CT molecular complexity index is 773. The second-order valence-electron chi connectivity index (χ2n) is 4.12. The number of hydrogen-bond acceptors (Lipinski definition) is 7. The van der Waals surface area contributed by atoms with Gasteiger partial charge in [0.05, 0.1) is 19.2 Å². The van der Waals surface area contributed by atoms with Gasteiger partial charge in [0, 0.05) is 5.56 Å². The summed E-state index contributed by atoms with van der Waals surface area (Å²) in [6.45, 7) is -0.272.